The van der Waals surface area contributed by atoms with Gasteiger partial charge in [0.1, 0.15) is 18.1 Å². The van der Waals surface area contributed by atoms with E-state index >= 15 is 0 Å². The highest BCUT2D eigenvalue weighted by Gasteiger charge is 2.18. The molecule has 0 atom stereocenters. The molecule has 4 heterocycles. The maximum atomic E-state index is 13.1. The third kappa shape index (κ3) is 3.27. The van der Waals surface area contributed by atoms with E-state index in [4.69, 9.17) is 13.0 Å². The Morgan fingerprint density at radius 1 is 1.30 bits per heavy atom. The number of hydrogen-bond acceptors (Lipinski definition) is 4. The molecule has 0 radical (unpaired) electrons. The van der Waals surface area contributed by atoms with Gasteiger partial charge in [-0.05, 0) is 35.9 Å². The van der Waals surface area contributed by atoms with Crippen molar-refractivity contribution in [3.8, 4) is 11.4 Å². The van der Waals surface area contributed by atoms with Crippen molar-refractivity contribution in [3.05, 3.63) is 88.0 Å². The molecule has 5 rings (SSSR count). The van der Waals surface area contributed by atoms with Crippen LogP contribution in [0.1, 0.15) is 25.2 Å². The molecule has 1 aromatic carbocycles. The zero-order valence-electron chi connectivity index (χ0n) is 21.9. The van der Waals surface area contributed by atoms with Gasteiger partial charge in [0.25, 0.3) is 5.56 Å². The number of aromatic nitrogens is 3. The second kappa shape index (κ2) is 7.42. The van der Waals surface area contributed by atoms with E-state index in [9.17, 15) is 9.18 Å². The van der Waals surface area contributed by atoms with Gasteiger partial charge in [-0.25, -0.2) is 4.39 Å². The Labute approximate surface area is 181 Å². The number of fused-ring (bicyclic) bond motifs is 3. The zero-order chi connectivity index (χ0) is 26.0. The van der Waals surface area contributed by atoms with Crippen LogP contribution in [0.3, 0.4) is 0 Å². The fourth-order valence-corrected chi connectivity index (χ4v) is 3.49. The van der Waals surface area contributed by atoms with Crippen molar-refractivity contribution in [1.82, 2.24) is 19.4 Å². The molecule has 0 unspecified atom stereocenters. The van der Waals surface area contributed by atoms with E-state index in [2.05, 4.69) is 10.3 Å². The van der Waals surface area contributed by atoms with Gasteiger partial charge in [-0.3, -0.25) is 14.3 Å². The van der Waals surface area contributed by atoms with E-state index in [1.165, 1.54) is 16.8 Å². The molecule has 1 N–H and O–H groups in total. The summed E-state index contributed by atoms with van der Waals surface area (Å²) in [5.74, 6) is -0.649. The highest BCUT2D eigenvalue weighted by Crippen LogP contribution is 2.29. The number of pyridine rings is 2. The molecule has 0 saturated carbocycles. The first-order valence-electron chi connectivity index (χ1n) is 12.2. The van der Waals surface area contributed by atoms with Crippen LogP contribution in [-0.2, 0) is 26.5 Å². The number of hydrogen-bond donors (Lipinski definition) is 1. The molecule has 0 aliphatic carbocycles. The lowest BCUT2D eigenvalue weighted by Gasteiger charge is -2.14. The molecule has 0 saturated heterocycles. The van der Waals surface area contributed by atoms with Gasteiger partial charge in [0.2, 0.25) is 0 Å². The first kappa shape index (κ1) is 13.0. The average Bonchev–Trinajstić information content (AvgIpc) is 3.04. The third-order valence-electron chi connectivity index (χ3n) is 5.01. The van der Waals surface area contributed by atoms with Crippen LogP contribution in [0.4, 0.5) is 4.39 Å². The van der Waals surface area contributed by atoms with E-state index in [1.807, 2.05) is 0 Å². The molecule has 0 spiro atoms. The quantitative estimate of drug-likeness (QED) is 0.562. The highest BCUT2D eigenvalue weighted by molar-refractivity contribution is 5.87. The number of ether oxygens (including phenoxy) is 1. The van der Waals surface area contributed by atoms with Crippen molar-refractivity contribution in [3.63, 3.8) is 0 Å². The highest BCUT2D eigenvalue weighted by atomic mass is 19.1. The van der Waals surface area contributed by atoms with Crippen molar-refractivity contribution < 1.29 is 17.4 Å². The number of nitrogens with zero attached hydrogens (tertiary/aromatic N) is 3. The van der Waals surface area contributed by atoms with Crippen molar-refractivity contribution in [2.75, 3.05) is 6.50 Å². The molecular weight excluding hydrogens is 383 g/mol. The topological polar surface area (TPSA) is 61.1 Å². The second-order valence-electron chi connectivity index (χ2n) is 6.82. The number of nitrogens with one attached hydrogen (secondary N) is 1. The summed E-state index contributed by atoms with van der Waals surface area (Å²) in [5.41, 5.74) is 1.37. The predicted octanol–water partition coefficient (Wildman–Crippen LogP) is 3.09. The van der Waals surface area contributed by atoms with Gasteiger partial charge in [-0.15, -0.1) is 0 Å². The predicted molar refractivity (Wildman–Crippen MR) is 112 cm³/mol. The van der Waals surface area contributed by atoms with Crippen molar-refractivity contribution >= 4 is 10.9 Å². The van der Waals surface area contributed by atoms with Gasteiger partial charge in [0.05, 0.1) is 25.8 Å². The first-order valence-corrected chi connectivity index (χ1v) is 9.23. The molecule has 152 valence electrons. The van der Waals surface area contributed by atoms with Crippen LogP contribution in [0.15, 0.2) is 59.7 Å². The van der Waals surface area contributed by atoms with Crippen LogP contribution < -0.4 is 15.6 Å². The van der Waals surface area contributed by atoms with E-state index in [1.54, 1.807) is 29.8 Å². The minimum atomic E-state index is -2.40. The Hall–Kier alpha value is -3.45. The number of rotatable bonds is 4. The van der Waals surface area contributed by atoms with Crippen LogP contribution >= 0.6 is 0 Å². The molecular formula is C23H21FN4O2. The standard InChI is InChI=1S/C23H21FN4O2/c1-27-21-6-8-25-13-20(21)19-5-4-17(10-22(19)27)28-9-7-18(11-23(28)29)30-14-16-3-2-15(24)12-26-16/h2-5,7,9-12,25H,6,8,13-14H2,1H3/i8D2,13D2,14D2. The van der Waals surface area contributed by atoms with Crippen LogP contribution in [0.25, 0.3) is 16.6 Å². The smallest absolute Gasteiger partial charge is 0.258 e. The summed E-state index contributed by atoms with van der Waals surface area (Å²) in [6.07, 6.45) is 2.29. The van der Waals surface area contributed by atoms with Crippen LogP contribution in [-0.4, -0.2) is 20.6 Å². The lowest BCUT2D eigenvalue weighted by Crippen LogP contribution is -2.24. The summed E-state index contributed by atoms with van der Waals surface area (Å²) in [4.78, 5) is 16.6. The molecule has 0 amide bonds. The lowest BCUT2D eigenvalue weighted by molar-refractivity contribution is 0.300. The number of aryl methyl sites for hydroxylation is 1. The third-order valence-corrected chi connectivity index (χ3v) is 5.01. The Balaban J connectivity index is 1.50. The largest absolute Gasteiger partial charge is 0.487 e. The average molecular weight is 410 g/mol. The summed E-state index contributed by atoms with van der Waals surface area (Å²) < 4.78 is 70.5. The van der Waals surface area contributed by atoms with E-state index in [0.29, 0.717) is 27.8 Å². The SMILES string of the molecule is [2H]C1([2H])Cc2c(c3ccc(-n4ccc(OC([2H])([2H])c5ccc(F)cn5)cc4=O)cc3n2C)C([2H])([2H])N1. The molecule has 1 aliphatic rings. The molecule has 7 heteroatoms. The van der Waals surface area contributed by atoms with Gasteiger partial charge < -0.3 is 14.6 Å². The number of halogens is 1. The summed E-state index contributed by atoms with van der Waals surface area (Å²) in [6, 6.07) is 9.83. The molecule has 6 nitrogen and oxygen atoms in total. The Bertz CT molecular complexity index is 1550. The minimum Gasteiger partial charge on any atom is -0.487 e. The Morgan fingerprint density at radius 3 is 3.00 bits per heavy atom. The molecule has 0 fully saturated rings. The molecule has 3 aromatic heterocycles. The van der Waals surface area contributed by atoms with Gasteiger partial charge in [-0.2, -0.15) is 0 Å². The molecule has 4 aromatic rings. The monoisotopic (exact) mass is 410 g/mol. The van der Waals surface area contributed by atoms with E-state index in [0.717, 1.165) is 24.4 Å². The summed E-state index contributed by atoms with van der Waals surface area (Å²) >= 11 is 0. The second-order valence-corrected chi connectivity index (χ2v) is 6.82. The fraction of sp³-hybridized carbons (Fsp3) is 0.217. The normalized spacial score (nSPS) is 20.2. The maximum Gasteiger partial charge on any atom is 0.258 e. The van der Waals surface area contributed by atoms with Gasteiger partial charge >= 0.3 is 0 Å². The summed E-state index contributed by atoms with van der Waals surface area (Å²) in [7, 11) is 1.73. The lowest BCUT2D eigenvalue weighted by atomic mass is 10.1. The molecule has 30 heavy (non-hydrogen) atoms. The van der Waals surface area contributed by atoms with Crippen LogP contribution in [0.2, 0.25) is 0 Å². The van der Waals surface area contributed by atoms with E-state index in [-0.39, 0.29) is 17.9 Å². The summed E-state index contributed by atoms with van der Waals surface area (Å²) in [6.45, 7) is -6.39. The van der Waals surface area contributed by atoms with E-state index < -0.39 is 30.9 Å². The Morgan fingerprint density at radius 2 is 2.20 bits per heavy atom. The van der Waals surface area contributed by atoms with Crippen molar-refractivity contribution in [2.24, 2.45) is 7.05 Å². The first-order chi connectivity index (χ1) is 16.8. The van der Waals surface area contributed by atoms with Crippen molar-refractivity contribution in [2.45, 2.75) is 19.5 Å². The Kier molecular flexibility index (Phi) is 3.21. The van der Waals surface area contributed by atoms with Crippen LogP contribution in [0, 0.1) is 5.82 Å². The summed E-state index contributed by atoms with van der Waals surface area (Å²) in [5, 5.41) is 3.03. The van der Waals surface area contributed by atoms with Crippen molar-refractivity contribution in [1.29, 1.82) is 0 Å². The fourth-order valence-electron chi connectivity index (χ4n) is 3.49. The molecule has 1 aliphatic heterocycles. The number of benzene rings is 1. The van der Waals surface area contributed by atoms with Gasteiger partial charge in [0, 0.05) is 55.3 Å². The van der Waals surface area contributed by atoms with Gasteiger partial charge in [-0.1, -0.05) is 6.07 Å². The molecule has 0 bridgehead atoms. The zero-order valence-corrected chi connectivity index (χ0v) is 15.9. The maximum absolute atomic E-state index is 13.1. The van der Waals surface area contributed by atoms with Gasteiger partial charge in [0.15, 0.2) is 0 Å². The van der Waals surface area contributed by atoms with Crippen LogP contribution in [0.5, 0.6) is 5.75 Å². The minimum absolute atomic E-state index is 0.0146.